The van der Waals surface area contributed by atoms with Crippen LogP contribution < -0.4 is 5.73 Å². The van der Waals surface area contributed by atoms with Crippen molar-refractivity contribution in [2.75, 3.05) is 6.61 Å². The van der Waals surface area contributed by atoms with Crippen LogP contribution in [-0.2, 0) is 4.74 Å². The van der Waals surface area contributed by atoms with Crippen molar-refractivity contribution < 1.29 is 4.74 Å². The minimum Gasteiger partial charge on any atom is -0.378 e. The Morgan fingerprint density at radius 2 is 2.28 bits per heavy atom. The third-order valence-electron chi connectivity index (χ3n) is 3.58. The SMILES string of the molecule is NC(CC1CCCO1)c1cnc2ccccc2c1. The average Bonchev–Trinajstić information content (AvgIpc) is 2.91. The monoisotopic (exact) mass is 242 g/mol. The summed E-state index contributed by atoms with van der Waals surface area (Å²) in [6, 6.07) is 10.3. The summed E-state index contributed by atoms with van der Waals surface area (Å²) in [5.41, 5.74) is 8.37. The summed E-state index contributed by atoms with van der Waals surface area (Å²) in [5, 5.41) is 1.15. The number of ether oxygens (including phenoxy) is 1. The lowest BCUT2D eigenvalue weighted by Gasteiger charge is -2.16. The smallest absolute Gasteiger partial charge is 0.0702 e. The number of pyridine rings is 1. The van der Waals surface area contributed by atoms with Gasteiger partial charge in [-0.05, 0) is 37.0 Å². The first-order chi connectivity index (χ1) is 8.83. The third-order valence-corrected chi connectivity index (χ3v) is 3.58. The Balaban J connectivity index is 1.80. The summed E-state index contributed by atoms with van der Waals surface area (Å²) in [5.74, 6) is 0. The van der Waals surface area contributed by atoms with E-state index in [-0.39, 0.29) is 6.04 Å². The predicted octanol–water partition coefficient (Wildman–Crippen LogP) is 2.80. The van der Waals surface area contributed by atoms with Gasteiger partial charge in [0.15, 0.2) is 0 Å². The largest absolute Gasteiger partial charge is 0.378 e. The van der Waals surface area contributed by atoms with Crippen LogP contribution in [-0.4, -0.2) is 17.7 Å². The Hall–Kier alpha value is -1.45. The van der Waals surface area contributed by atoms with Gasteiger partial charge in [-0.15, -0.1) is 0 Å². The first-order valence-electron chi connectivity index (χ1n) is 6.55. The minimum absolute atomic E-state index is 0.0187. The molecule has 3 nitrogen and oxygen atoms in total. The maximum atomic E-state index is 6.25. The van der Waals surface area contributed by atoms with Gasteiger partial charge in [0.2, 0.25) is 0 Å². The van der Waals surface area contributed by atoms with Crippen LogP contribution in [0.5, 0.6) is 0 Å². The van der Waals surface area contributed by atoms with E-state index in [1.807, 2.05) is 24.4 Å². The van der Waals surface area contributed by atoms with Gasteiger partial charge in [0, 0.05) is 24.2 Å². The van der Waals surface area contributed by atoms with E-state index >= 15 is 0 Å². The van der Waals surface area contributed by atoms with Crippen molar-refractivity contribution in [3.05, 3.63) is 42.1 Å². The molecule has 2 N–H and O–H groups in total. The van der Waals surface area contributed by atoms with Gasteiger partial charge in [0.25, 0.3) is 0 Å². The van der Waals surface area contributed by atoms with E-state index in [1.54, 1.807) is 0 Å². The first kappa shape index (κ1) is 11.6. The van der Waals surface area contributed by atoms with Gasteiger partial charge in [0.1, 0.15) is 0 Å². The number of nitrogens with zero attached hydrogens (tertiary/aromatic N) is 1. The quantitative estimate of drug-likeness (QED) is 0.900. The van der Waals surface area contributed by atoms with Crippen molar-refractivity contribution in [3.63, 3.8) is 0 Å². The van der Waals surface area contributed by atoms with Crippen molar-refractivity contribution in [1.82, 2.24) is 4.98 Å². The number of nitrogens with two attached hydrogens (primary N) is 1. The summed E-state index contributed by atoms with van der Waals surface area (Å²) < 4.78 is 5.63. The van der Waals surface area contributed by atoms with Crippen LogP contribution in [0.25, 0.3) is 10.9 Å². The number of hydrogen-bond donors (Lipinski definition) is 1. The molecule has 1 aliphatic rings. The molecule has 1 fully saturated rings. The zero-order chi connectivity index (χ0) is 12.4. The van der Waals surface area contributed by atoms with Crippen LogP contribution in [0, 0.1) is 0 Å². The molecule has 2 heterocycles. The molecular formula is C15H18N2O. The molecule has 1 saturated heterocycles. The molecule has 18 heavy (non-hydrogen) atoms. The number of rotatable bonds is 3. The lowest BCUT2D eigenvalue weighted by Crippen LogP contribution is -2.18. The second kappa shape index (κ2) is 5.04. The molecule has 1 aromatic carbocycles. The molecule has 0 amide bonds. The lowest BCUT2D eigenvalue weighted by molar-refractivity contribution is 0.0983. The fraction of sp³-hybridized carbons (Fsp3) is 0.400. The highest BCUT2D eigenvalue weighted by Crippen LogP contribution is 2.24. The Morgan fingerprint density at radius 1 is 1.39 bits per heavy atom. The zero-order valence-electron chi connectivity index (χ0n) is 10.4. The maximum Gasteiger partial charge on any atom is 0.0702 e. The summed E-state index contributed by atoms with van der Waals surface area (Å²) in [6.45, 7) is 0.882. The van der Waals surface area contributed by atoms with E-state index < -0.39 is 0 Å². The molecule has 0 aliphatic carbocycles. The molecule has 3 rings (SSSR count). The van der Waals surface area contributed by atoms with Crippen molar-refractivity contribution in [3.8, 4) is 0 Å². The predicted molar refractivity (Wildman–Crippen MR) is 72.3 cm³/mol. The Bertz CT molecular complexity index is 535. The highest BCUT2D eigenvalue weighted by atomic mass is 16.5. The highest BCUT2D eigenvalue weighted by Gasteiger charge is 2.19. The molecule has 0 saturated carbocycles. The Kier molecular flexibility index (Phi) is 3.26. The van der Waals surface area contributed by atoms with Crippen LogP contribution in [0.1, 0.15) is 30.9 Å². The van der Waals surface area contributed by atoms with E-state index in [0.717, 1.165) is 42.3 Å². The van der Waals surface area contributed by atoms with Crippen molar-refractivity contribution in [2.24, 2.45) is 5.73 Å². The lowest BCUT2D eigenvalue weighted by atomic mass is 10.0. The topological polar surface area (TPSA) is 48.1 Å². The van der Waals surface area contributed by atoms with E-state index in [1.165, 1.54) is 0 Å². The fourth-order valence-electron chi connectivity index (χ4n) is 2.54. The highest BCUT2D eigenvalue weighted by molar-refractivity contribution is 5.78. The third kappa shape index (κ3) is 2.37. The average molecular weight is 242 g/mol. The van der Waals surface area contributed by atoms with Crippen molar-refractivity contribution in [1.29, 1.82) is 0 Å². The molecule has 0 radical (unpaired) electrons. The van der Waals surface area contributed by atoms with Crippen molar-refractivity contribution >= 4 is 10.9 Å². The van der Waals surface area contributed by atoms with E-state index in [2.05, 4.69) is 17.1 Å². The standard InChI is InChI=1S/C15H18N2O/c16-14(9-13-5-3-7-18-13)12-8-11-4-1-2-6-15(11)17-10-12/h1-2,4,6,8,10,13-14H,3,5,7,9,16H2. The van der Waals surface area contributed by atoms with Gasteiger partial charge in [-0.1, -0.05) is 18.2 Å². The molecule has 0 spiro atoms. The van der Waals surface area contributed by atoms with Crippen LogP contribution in [0.15, 0.2) is 36.5 Å². The molecule has 2 aromatic rings. The number of aromatic nitrogens is 1. The summed E-state index contributed by atoms with van der Waals surface area (Å²) in [7, 11) is 0. The van der Waals surface area contributed by atoms with Gasteiger partial charge < -0.3 is 10.5 Å². The molecule has 1 aliphatic heterocycles. The first-order valence-corrected chi connectivity index (χ1v) is 6.55. The van der Waals surface area contributed by atoms with Gasteiger partial charge in [-0.25, -0.2) is 0 Å². The van der Waals surface area contributed by atoms with Crippen molar-refractivity contribution in [2.45, 2.75) is 31.4 Å². The zero-order valence-corrected chi connectivity index (χ0v) is 10.4. The molecule has 94 valence electrons. The van der Waals surface area contributed by atoms with Gasteiger partial charge in [-0.2, -0.15) is 0 Å². The number of fused-ring (bicyclic) bond motifs is 1. The number of benzene rings is 1. The van der Waals surface area contributed by atoms with E-state index in [9.17, 15) is 0 Å². The second-order valence-electron chi connectivity index (χ2n) is 4.94. The van der Waals surface area contributed by atoms with Gasteiger partial charge >= 0.3 is 0 Å². The number of hydrogen-bond acceptors (Lipinski definition) is 3. The Morgan fingerprint density at radius 3 is 3.11 bits per heavy atom. The van der Waals surface area contributed by atoms with Gasteiger partial charge in [0.05, 0.1) is 11.6 Å². The molecule has 2 unspecified atom stereocenters. The molecular weight excluding hydrogens is 224 g/mol. The van der Waals surface area contributed by atoms with Gasteiger partial charge in [-0.3, -0.25) is 4.98 Å². The second-order valence-corrected chi connectivity index (χ2v) is 4.94. The van der Waals surface area contributed by atoms with E-state index in [4.69, 9.17) is 10.5 Å². The maximum absolute atomic E-state index is 6.25. The minimum atomic E-state index is 0.0187. The molecule has 1 aromatic heterocycles. The fourth-order valence-corrected chi connectivity index (χ4v) is 2.54. The van der Waals surface area contributed by atoms with Crippen LogP contribution in [0.4, 0.5) is 0 Å². The van der Waals surface area contributed by atoms with Crippen LogP contribution in [0.3, 0.4) is 0 Å². The normalized spacial score (nSPS) is 21.3. The Labute approximate surface area is 107 Å². The summed E-state index contributed by atoms with van der Waals surface area (Å²) in [4.78, 5) is 4.46. The molecule has 2 atom stereocenters. The molecule has 3 heteroatoms. The van der Waals surface area contributed by atoms with E-state index in [0.29, 0.717) is 6.10 Å². The molecule has 0 bridgehead atoms. The number of para-hydroxylation sites is 1. The van der Waals surface area contributed by atoms with Crippen LogP contribution in [0.2, 0.25) is 0 Å². The summed E-state index contributed by atoms with van der Waals surface area (Å²) >= 11 is 0. The summed E-state index contributed by atoms with van der Waals surface area (Å²) in [6.07, 6.45) is 5.40. The van der Waals surface area contributed by atoms with Crippen LogP contribution >= 0.6 is 0 Å².